The lowest BCUT2D eigenvalue weighted by atomic mass is 10.0. The highest BCUT2D eigenvalue weighted by molar-refractivity contribution is 7.92. The predicted molar refractivity (Wildman–Crippen MR) is 83.7 cm³/mol. The third-order valence-corrected chi connectivity index (χ3v) is 3.49. The summed E-state index contributed by atoms with van der Waals surface area (Å²) < 4.78 is 107. The van der Waals surface area contributed by atoms with Crippen LogP contribution in [0.3, 0.4) is 0 Å². The second-order valence-electron chi connectivity index (χ2n) is 5.21. The van der Waals surface area contributed by atoms with Crippen LogP contribution >= 0.6 is 0 Å². The molecular formula is C15H11F6NO4S. The minimum absolute atomic E-state index is 0.0425. The van der Waals surface area contributed by atoms with Gasteiger partial charge < -0.3 is 9.47 Å². The van der Waals surface area contributed by atoms with Crippen molar-refractivity contribution < 1.29 is 44.2 Å². The molecule has 0 heterocycles. The first-order valence-electron chi connectivity index (χ1n) is 6.96. The molecule has 0 saturated heterocycles. The molecule has 2 aromatic carbocycles. The highest BCUT2D eigenvalue weighted by Gasteiger charge is 2.33. The van der Waals surface area contributed by atoms with E-state index in [1.807, 2.05) is 4.72 Å². The number of hydrogen-bond acceptors (Lipinski definition) is 4. The molecule has 0 aromatic heterocycles. The van der Waals surface area contributed by atoms with Crippen molar-refractivity contribution in [2.24, 2.45) is 0 Å². The summed E-state index contributed by atoms with van der Waals surface area (Å²) in [5.41, 5.74) is -0.350. The largest absolute Gasteiger partial charge is 0.573 e. The Hall–Kier alpha value is -2.63. The van der Waals surface area contributed by atoms with Crippen molar-refractivity contribution >= 4 is 15.7 Å². The van der Waals surface area contributed by atoms with Crippen LogP contribution in [-0.4, -0.2) is 27.4 Å². The standard InChI is InChI=1S/C15H11F6NO4S/c1-27(23,24)22-12-6-5-10(8-13(12)26-15(19,20)21)9-3-2-4-11(7-9)25-14(16,17)18/h2-8,22H,1H3. The average molecular weight is 415 g/mol. The Labute approximate surface area is 149 Å². The first-order chi connectivity index (χ1) is 12.2. The molecule has 2 rings (SSSR count). The van der Waals surface area contributed by atoms with Crippen molar-refractivity contribution in [3.63, 3.8) is 0 Å². The molecule has 2 aromatic rings. The number of sulfonamides is 1. The van der Waals surface area contributed by atoms with Crippen molar-refractivity contribution in [3.05, 3.63) is 42.5 Å². The molecule has 12 heteroatoms. The molecule has 148 valence electrons. The molecule has 0 spiro atoms. The van der Waals surface area contributed by atoms with E-state index in [1.165, 1.54) is 18.2 Å². The normalized spacial score (nSPS) is 12.6. The van der Waals surface area contributed by atoms with Gasteiger partial charge in [0.25, 0.3) is 0 Å². The summed E-state index contributed by atoms with van der Waals surface area (Å²) in [7, 11) is -3.90. The monoisotopic (exact) mass is 415 g/mol. The van der Waals surface area contributed by atoms with Crippen LogP contribution in [0.1, 0.15) is 0 Å². The van der Waals surface area contributed by atoms with Gasteiger partial charge in [-0.3, -0.25) is 4.72 Å². The second-order valence-corrected chi connectivity index (χ2v) is 6.96. The maximum absolute atomic E-state index is 12.6. The van der Waals surface area contributed by atoms with Gasteiger partial charge in [-0.05, 0) is 35.4 Å². The Morgan fingerprint density at radius 1 is 0.852 bits per heavy atom. The fourth-order valence-electron chi connectivity index (χ4n) is 2.07. The van der Waals surface area contributed by atoms with E-state index in [1.54, 1.807) is 0 Å². The van der Waals surface area contributed by atoms with Crippen molar-refractivity contribution in [2.75, 3.05) is 11.0 Å². The number of anilines is 1. The van der Waals surface area contributed by atoms with Gasteiger partial charge in [-0.15, -0.1) is 26.3 Å². The zero-order valence-corrected chi connectivity index (χ0v) is 14.2. The first-order valence-corrected chi connectivity index (χ1v) is 8.85. The lowest BCUT2D eigenvalue weighted by molar-refractivity contribution is -0.275. The maximum atomic E-state index is 12.6. The summed E-state index contributed by atoms with van der Waals surface area (Å²) in [6, 6.07) is 7.57. The molecule has 27 heavy (non-hydrogen) atoms. The smallest absolute Gasteiger partial charge is 0.406 e. The first kappa shape index (κ1) is 20.7. The zero-order chi connectivity index (χ0) is 20.5. The third-order valence-electron chi connectivity index (χ3n) is 2.90. The predicted octanol–water partition coefficient (Wildman–Crippen LogP) is 4.52. The fraction of sp³-hybridized carbons (Fsp3) is 0.200. The molecule has 0 amide bonds. The van der Waals surface area contributed by atoms with Crippen molar-refractivity contribution in [1.29, 1.82) is 0 Å². The quantitative estimate of drug-likeness (QED) is 0.730. The Balaban J connectivity index is 2.46. The van der Waals surface area contributed by atoms with Gasteiger partial charge in [0.15, 0.2) is 5.75 Å². The van der Waals surface area contributed by atoms with E-state index in [-0.39, 0.29) is 11.1 Å². The summed E-state index contributed by atoms with van der Waals surface area (Å²) in [5, 5.41) is 0. The van der Waals surface area contributed by atoms with Crippen molar-refractivity contribution in [1.82, 2.24) is 0 Å². The second kappa shape index (κ2) is 7.18. The molecule has 0 fully saturated rings. The Morgan fingerprint density at radius 2 is 1.44 bits per heavy atom. The molecule has 0 unspecified atom stereocenters. The van der Waals surface area contributed by atoms with E-state index in [2.05, 4.69) is 9.47 Å². The van der Waals surface area contributed by atoms with Gasteiger partial charge in [0.05, 0.1) is 11.9 Å². The number of hydrogen-bond donors (Lipinski definition) is 1. The molecule has 5 nitrogen and oxygen atoms in total. The van der Waals surface area contributed by atoms with Crippen molar-refractivity contribution in [3.8, 4) is 22.6 Å². The molecule has 0 bridgehead atoms. The average Bonchev–Trinajstić information content (AvgIpc) is 2.44. The van der Waals surface area contributed by atoms with Crippen LogP contribution in [0.4, 0.5) is 32.0 Å². The van der Waals surface area contributed by atoms with Gasteiger partial charge in [0.2, 0.25) is 10.0 Å². The van der Waals surface area contributed by atoms with Crippen LogP contribution in [0, 0.1) is 0 Å². The summed E-state index contributed by atoms with van der Waals surface area (Å²) in [6.45, 7) is 0. The van der Waals surface area contributed by atoms with Crippen LogP contribution < -0.4 is 14.2 Å². The lowest BCUT2D eigenvalue weighted by Crippen LogP contribution is -2.19. The zero-order valence-electron chi connectivity index (χ0n) is 13.4. The fourth-order valence-corrected chi connectivity index (χ4v) is 2.64. The van der Waals surface area contributed by atoms with Gasteiger partial charge in [0.1, 0.15) is 5.75 Å². The van der Waals surface area contributed by atoms with Crippen LogP contribution in [0.5, 0.6) is 11.5 Å². The number of ether oxygens (including phenoxy) is 2. The third kappa shape index (κ3) is 6.89. The van der Waals surface area contributed by atoms with E-state index >= 15 is 0 Å². The highest BCUT2D eigenvalue weighted by atomic mass is 32.2. The number of alkyl halides is 6. The number of halogens is 6. The molecule has 0 saturated carbocycles. The van der Waals surface area contributed by atoms with Crippen LogP contribution in [0.2, 0.25) is 0 Å². The Bertz CT molecular complexity index is 925. The molecule has 0 atom stereocenters. The van der Waals surface area contributed by atoms with E-state index in [9.17, 15) is 34.8 Å². The SMILES string of the molecule is CS(=O)(=O)Nc1ccc(-c2cccc(OC(F)(F)F)c2)cc1OC(F)(F)F. The topological polar surface area (TPSA) is 64.6 Å². The summed E-state index contributed by atoms with van der Waals surface area (Å²) in [6.07, 6.45) is -9.32. The lowest BCUT2D eigenvalue weighted by Gasteiger charge is -2.16. The van der Waals surface area contributed by atoms with Gasteiger partial charge in [0, 0.05) is 0 Å². The van der Waals surface area contributed by atoms with E-state index in [0.717, 1.165) is 30.5 Å². The van der Waals surface area contributed by atoms with E-state index in [4.69, 9.17) is 0 Å². The Kier molecular flexibility index (Phi) is 5.50. The molecule has 0 aliphatic carbocycles. The van der Waals surface area contributed by atoms with E-state index < -0.39 is 39.9 Å². The van der Waals surface area contributed by atoms with Crippen LogP contribution in [0.25, 0.3) is 11.1 Å². The van der Waals surface area contributed by atoms with Crippen molar-refractivity contribution in [2.45, 2.75) is 12.7 Å². The van der Waals surface area contributed by atoms with Gasteiger partial charge >= 0.3 is 12.7 Å². The molecular weight excluding hydrogens is 404 g/mol. The summed E-state index contributed by atoms with van der Waals surface area (Å²) in [4.78, 5) is 0. The minimum Gasteiger partial charge on any atom is -0.406 e. The summed E-state index contributed by atoms with van der Waals surface area (Å²) in [5.74, 6) is -1.44. The summed E-state index contributed by atoms with van der Waals surface area (Å²) >= 11 is 0. The molecule has 1 N–H and O–H groups in total. The number of nitrogens with one attached hydrogen (secondary N) is 1. The van der Waals surface area contributed by atoms with Gasteiger partial charge in [-0.1, -0.05) is 18.2 Å². The maximum Gasteiger partial charge on any atom is 0.573 e. The van der Waals surface area contributed by atoms with Crippen LogP contribution in [0.15, 0.2) is 42.5 Å². The number of rotatable bonds is 5. The van der Waals surface area contributed by atoms with Gasteiger partial charge in [-0.25, -0.2) is 8.42 Å². The highest BCUT2D eigenvalue weighted by Crippen LogP contribution is 2.36. The number of benzene rings is 2. The molecule has 0 aliphatic heterocycles. The van der Waals surface area contributed by atoms with E-state index in [0.29, 0.717) is 0 Å². The minimum atomic E-state index is -5.12. The molecule has 0 aliphatic rings. The molecule has 0 radical (unpaired) electrons. The van der Waals surface area contributed by atoms with Crippen LogP contribution in [-0.2, 0) is 10.0 Å². The van der Waals surface area contributed by atoms with Gasteiger partial charge in [-0.2, -0.15) is 0 Å². The Morgan fingerprint density at radius 3 is 2.00 bits per heavy atom.